The van der Waals surface area contributed by atoms with Crippen molar-refractivity contribution in [2.45, 2.75) is 18.7 Å². The lowest BCUT2D eigenvalue weighted by molar-refractivity contribution is -0.139. The van der Waals surface area contributed by atoms with Crippen molar-refractivity contribution in [3.8, 4) is 11.8 Å². The molecular weight excluding hydrogens is 329 g/mol. The van der Waals surface area contributed by atoms with E-state index < -0.39 is 11.7 Å². The third kappa shape index (κ3) is 3.37. The summed E-state index contributed by atoms with van der Waals surface area (Å²) >= 11 is 1.15. The van der Waals surface area contributed by atoms with E-state index in [-0.39, 0.29) is 16.9 Å². The number of hydrogen-bond donors (Lipinski definition) is 0. The predicted octanol–water partition coefficient (Wildman–Crippen LogP) is 3.09. The number of benzene rings is 1. The molecule has 1 aromatic heterocycles. The van der Waals surface area contributed by atoms with Gasteiger partial charge in [-0.1, -0.05) is 23.5 Å². The maximum atomic E-state index is 13.0. The smallest absolute Gasteiger partial charge is 0.419 e. The number of para-hydroxylation sites is 1. The third-order valence-electron chi connectivity index (χ3n) is 3.41. The van der Waals surface area contributed by atoms with Crippen molar-refractivity contribution in [3.05, 3.63) is 34.8 Å². The molecule has 2 aromatic rings. The molecule has 0 N–H and O–H groups in total. The van der Waals surface area contributed by atoms with Crippen LogP contribution in [0.15, 0.2) is 24.3 Å². The molecule has 0 aliphatic carbocycles. The maximum absolute atomic E-state index is 13.0. The van der Waals surface area contributed by atoms with E-state index in [9.17, 15) is 13.2 Å². The van der Waals surface area contributed by atoms with Gasteiger partial charge in [0.15, 0.2) is 0 Å². The van der Waals surface area contributed by atoms with Gasteiger partial charge in [0.05, 0.1) is 12.1 Å². The van der Waals surface area contributed by atoms with Crippen LogP contribution in [-0.4, -0.2) is 29.4 Å². The zero-order chi connectivity index (χ0) is 16.4. The van der Waals surface area contributed by atoms with Gasteiger partial charge in [-0.05, 0) is 12.1 Å². The Kier molecular flexibility index (Phi) is 4.09. The summed E-state index contributed by atoms with van der Waals surface area (Å²) in [6, 6.07) is 7.09. The molecule has 1 aliphatic heterocycles. The molecule has 1 fully saturated rings. The van der Waals surface area contributed by atoms with E-state index in [1.54, 1.807) is 0 Å². The second kappa shape index (κ2) is 6.04. The van der Waals surface area contributed by atoms with Crippen molar-refractivity contribution in [3.63, 3.8) is 0 Å². The Hall–Kier alpha value is -2.34. The van der Waals surface area contributed by atoms with Crippen LogP contribution in [0.2, 0.25) is 0 Å². The van der Waals surface area contributed by atoms with Gasteiger partial charge >= 0.3 is 6.18 Å². The molecule has 0 spiro atoms. The van der Waals surface area contributed by atoms with Crippen LogP contribution in [0.4, 0.5) is 18.3 Å². The van der Waals surface area contributed by atoms with Crippen molar-refractivity contribution in [2.75, 3.05) is 18.0 Å². The Morgan fingerprint density at radius 2 is 2.09 bits per heavy atom. The molecule has 0 unspecified atom stereocenters. The van der Waals surface area contributed by atoms with Crippen LogP contribution in [0.5, 0.6) is 5.75 Å². The van der Waals surface area contributed by atoms with Crippen molar-refractivity contribution < 1.29 is 17.9 Å². The predicted molar refractivity (Wildman–Crippen MR) is 77.3 cm³/mol. The molecule has 1 aliphatic rings. The minimum atomic E-state index is -4.45. The first-order valence-corrected chi connectivity index (χ1v) is 7.60. The van der Waals surface area contributed by atoms with E-state index in [4.69, 9.17) is 10.00 Å². The summed E-state index contributed by atoms with van der Waals surface area (Å²) in [4.78, 5) is 1.86. The lowest BCUT2D eigenvalue weighted by Gasteiger charge is -2.18. The lowest BCUT2D eigenvalue weighted by atomic mass is 10.2. The Balaban J connectivity index is 1.70. The second-order valence-corrected chi connectivity index (χ2v) is 5.93. The van der Waals surface area contributed by atoms with Crippen LogP contribution in [0, 0.1) is 11.3 Å². The van der Waals surface area contributed by atoms with E-state index in [1.165, 1.54) is 18.2 Å². The summed E-state index contributed by atoms with van der Waals surface area (Å²) in [5.41, 5.74) is -0.777. The van der Waals surface area contributed by atoms with Crippen LogP contribution in [0.25, 0.3) is 0 Å². The minimum Gasteiger partial charge on any atom is -0.488 e. The number of hydrogen-bond acceptors (Lipinski definition) is 6. The van der Waals surface area contributed by atoms with Crippen LogP contribution in [-0.2, 0) is 6.18 Å². The Labute approximate surface area is 133 Å². The number of alkyl halides is 3. The quantitative estimate of drug-likeness (QED) is 0.859. The van der Waals surface area contributed by atoms with Gasteiger partial charge in [0.2, 0.25) is 10.1 Å². The molecule has 0 bridgehead atoms. The summed E-state index contributed by atoms with van der Waals surface area (Å²) in [5, 5.41) is 17.2. The molecule has 0 saturated carbocycles. The molecule has 1 atom stereocenters. The summed E-state index contributed by atoms with van der Waals surface area (Å²) in [6.07, 6.45) is -4.24. The fourth-order valence-corrected chi connectivity index (χ4v) is 3.05. The number of anilines is 1. The van der Waals surface area contributed by atoms with Gasteiger partial charge in [0, 0.05) is 13.0 Å². The van der Waals surface area contributed by atoms with Crippen molar-refractivity contribution in [1.82, 2.24) is 10.2 Å². The average Bonchev–Trinajstić information content (AvgIpc) is 3.15. The summed E-state index contributed by atoms with van der Waals surface area (Å²) < 4.78 is 44.5. The number of rotatable bonds is 3. The molecule has 0 radical (unpaired) electrons. The van der Waals surface area contributed by atoms with Gasteiger partial charge < -0.3 is 9.64 Å². The van der Waals surface area contributed by atoms with Crippen molar-refractivity contribution in [2.24, 2.45) is 0 Å². The van der Waals surface area contributed by atoms with Crippen LogP contribution < -0.4 is 9.64 Å². The van der Waals surface area contributed by atoms with Gasteiger partial charge in [-0.25, -0.2) is 0 Å². The highest BCUT2D eigenvalue weighted by Crippen LogP contribution is 2.37. The largest absolute Gasteiger partial charge is 0.488 e. The van der Waals surface area contributed by atoms with Crippen LogP contribution in [0.3, 0.4) is 0 Å². The highest BCUT2D eigenvalue weighted by molar-refractivity contribution is 7.15. The van der Waals surface area contributed by atoms with E-state index in [1.807, 2.05) is 11.0 Å². The normalized spacial score (nSPS) is 18.0. The Morgan fingerprint density at radius 1 is 1.30 bits per heavy atom. The fraction of sp³-hybridized carbons (Fsp3) is 0.357. The molecule has 3 rings (SSSR count). The average molecular weight is 340 g/mol. The van der Waals surface area contributed by atoms with Gasteiger partial charge in [-0.2, -0.15) is 18.4 Å². The van der Waals surface area contributed by atoms with Crippen molar-refractivity contribution >= 4 is 16.5 Å². The SMILES string of the molecule is N#Cc1nnc(N2CC[C@H](Oc3ccccc3C(F)(F)F)C2)s1. The monoisotopic (exact) mass is 340 g/mol. The van der Waals surface area contributed by atoms with E-state index in [2.05, 4.69) is 10.2 Å². The Morgan fingerprint density at radius 3 is 2.78 bits per heavy atom. The lowest BCUT2D eigenvalue weighted by Crippen LogP contribution is -2.25. The maximum Gasteiger partial charge on any atom is 0.419 e. The standard InChI is InChI=1S/C14H11F3N4OS/c15-14(16,17)10-3-1-2-4-11(10)22-9-5-6-21(8-9)13-20-19-12(7-18)23-13/h1-4,9H,5-6,8H2/t9-/m0/s1. The highest BCUT2D eigenvalue weighted by atomic mass is 32.1. The minimum absolute atomic E-state index is 0.165. The topological polar surface area (TPSA) is 62.0 Å². The fourth-order valence-electron chi connectivity index (χ4n) is 2.37. The van der Waals surface area contributed by atoms with E-state index >= 15 is 0 Å². The summed E-state index contributed by atoms with van der Waals surface area (Å²) in [6.45, 7) is 1.01. The molecule has 9 heteroatoms. The molecule has 2 heterocycles. The Bertz CT molecular complexity index is 740. The zero-order valence-corrected chi connectivity index (χ0v) is 12.6. The van der Waals surface area contributed by atoms with E-state index in [0.717, 1.165) is 17.4 Å². The van der Waals surface area contributed by atoms with Gasteiger partial charge in [-0.15, -0.1) is 10.2 Å². The van der Waals surface area contributed by atoms with Crippen LogP contribution >= 0.6 is 11.3 Å². The number of halogens is 3. The zero-order valence-electron chi connectivity index (χ0n) is 11.7. The number of aromatic nitrogens is 2. The first kappa shape index (κ1) is 15.6. The summed E-state index contributed by atoms with van der Waals surface area (Å²) in [5.74, 6) is -0.165. The molecule has 23 heavy (non-hydrogen) atoms. The third-order valence-corrected chi connectivity index (χ3v) is 4.30. The second-order valence-electron chi connectivity index (χ2n) is 4.97. The number of nitrogens with zero attached hydrogens (tertiary/aromatic N) is 4. The van der Waals surface area contributed by atoms with E-state index in [0.29, 0.717) is 24.6 Å². The van der Waals surface area contributed by atoms with Crippen LogP contribution in [0.1, 0.15) is 17.0 Å². The molecule has 120 valence electrons. The first-order valence-electron chi connectivity index (χ1n) is 6.79. The molecule has 5 nitrogen and oxygen atoms in total. The molecule has 0 amide bonds. The highest BCUT2D eigenvalue weighted by Gasteiger charge is 2.35. The summed E-state index contributed by atoms with van der Waals surface area (Å²) in [7, 11) is 0. The molecule has 1 saturated heterocycles. The van der Waals surface area contributed by atoms with Gasteiger partial charge in [-0.3, -0.25) is 0 Å². The van der Waals surface area contributed by atoms with Crippen molar-refractivity contribution in [1.29, 1.82) is 5.26 Å². The number of nitriles is 1. The van der Waals surface area contributed by atoms with Gasteiger partial charge in [0.1, 0.15) is 17.9 Å². The number of ether oxygens (including phenoxy) is 1. The molecular formula is C14H11F3N4OS. The van der Waals surface area contributed by atoms with Gasteiger partial charge in [0.25, 0.3) is 0 Å². The first-order chi connectivity index (χ1) is 11.0. The molecule has 1 aromatic carbocycles.